The van der Waals surface area contributed by atoms with E-state index in [0.29, 0.717) is 27.6 Å². The molecule has 0 aromatic rings. The Morgan fingerprint density at radius 3 is 2.23 bits per heavy atom. The molecule has 1 nitrogen and oxygen atoms in total. The zero-order chi connectivity index (χ0) is 22.6. The summed E-state index contributed by atoms with van der Waals surface area (Å²) in [6.45, 7) is 20.5. The van der Waals surface area contributed by atoms with Gasteiger partial charge < -0.3 is 5.11 Å². The zero-order valence-corrected chi connectivity index (χ0v) is 21.9. The number of hydrogen-bond donors (Lipinski definition) is 1. The first-order chi connectivity index (χ1) is 14.3. The molecule has 0 amide bonds. The van der Waals surface area contributed by atoms with E-state index in [1.807, 2.05) is 5.57 Å². The van der Waals surface area contributed by atoms with Crippen LogP contribution in [0.5, 0.6) is 0 Å². The molecule has 5 aliphatic carbocycles. The standard InChI is InChI=1S/C30H50O/c1-19-11-14-27(5)17-18-29(7)21(25(27)20(19)2)9-10-23-28(6)15-13-24(31)26(3,4)22(28)12-16-30(23,29)8/h9,19-20,22-25,31H,10-18H2,1-8H3/t19-,20+,22+,23+,24+,25+,27+,28+,29+,30-/m1/s1. The molecule has 0 aromatic heterocycles. The Bertz CT molecular complexity index is 779. The summed E-state index contributed by atoms with van der Waals surface area (Å²) in [6, 6.07) is 0. The van der Waals surface area contributed by atoms with Crippen molar-refractivity contribution in [2.45, 2.75) is 119 Å². The summed E-state index contributed by atoms with van der Waals surface area (Å²) in [6.07, 6.45) is 14.5. The lowest BCUT2D eigenvalue weighted by molar-refractivity contribution is -0.203. The maximum Gasteiger partial charge on any atom is 0.0594 e. The highest BCUT2D eigenvalue weighted by molar-refractivity contribution is 5.33. The summed E-state index contributed by atoms with van der Waals surface area (Å²) < 4.78 is 0. The Morgan fingerprint density at radius 2 is 1.52 bits per heavy atom. The van der Waals surface area contributed by atoms with E-state index in [2.05, 4.69) is 61.5 Å². The molecule has 176 valence electrons. The smallest absolute Gasteiger partial charge is 0.0594 e. The second-order valence-electron chi connectivity index (χ2n) is 14.7. The SMILES string of the molecule is C[C@H]1[C@H](C)CC[C@@]2(C)CC[C@@]3(C)C(=CC[C@H]4[C@@]5(C)CC[C@H](O)C(C)(C)[C@@H]5CC[C@]43C)[C@H]12. The van der Waals surface area contributed by atoms with E-state index in [9.17, 15) is 5.11 Å². The molecule has 1 N–H and O–H groups in total. The fraction of sp³-hybridized carbons (Fsp3) is 0.933. The summed E-state index contributed by atoms with van der Waals surface area (Å²) >= 11 is 0. The molecule has 0 saturated heterocycles. The van der Waals surface area contributed by atoms with E-state index in [1.54, 1.807) is 0 Å². The lowest BCUT2D eigenvalue weighted by atomic mass is 9.33. The predicted octanol–water partition coefficient (Wildman–Crippen LogP) is 8.02. The molecule has 0 aliphatic heterocycles. The predicted molar refractivity (Wildman–Crippen MR) is 131 cm³/mol. The van der Waals surface area contributed by atoms with Gasteiger partial charge in [0.25, 0.3) is 0 Å². The topological polar surface area (TPSA) is 20.2 Å². The average molecular weight is 427 g/mol. The molecule has 4 fully saturated rings. The number of hydrogen-bond acceptors (Lipinski definition) is 1. The van der Waals surface area contributed by atoms with Gasteiger partial charge in [0.05, 0.1) is 6.10 Å². The number of fused-ring (bicyclic) bond motifs is 7. The van der Waals surface area contributed by atoms with Crippen molar-refractivity contribution in [3.63, 3.8) is 0 Å². The lowest BCUT2D eigenvalue weighted by Gasteiger charge is -2.71. The van der Waals surface area contributed by atoms with Gasteiger partial charge in [-0.2, -0.15) is 0 Å². The maximum atomic E-state index is 10.9. The average Bonchev–Trinajstić information content (AvgIpc) is 2.69. The largest absolute Gasteiger partial charge is 0.393 e. The first kappa shape index (κ1) is 22.5. The van der Waals surface area contributed by atoms with Crippen LogP contribution in [-0.2, 0) is 0 Å². The van der Waals surface area contributed by atoms with Gasteiger partial charge in [-0.25, -0.2) is 0 Å². The summed E-state index contributed by atoms with van der Waals surface area (Å²) in [5.41, 5.74) is 3.60. The van der Waals surface area contributed by atoms with Crippen LogP contribution in [0.2, 0.25) is 0 Å². The van der Waals surface area contributed by atoms with E-state index in [4.69, 9.17) is 0 Å². The quantitative estimate of drug-likeness (QED) is 0.389. The number of aliphatic hydroxyl groups is 1. The number of aliphatic hydroxyl groups excluding tert-OH is 1. The summed E-state index contributed by atoms with van der Waals surface area (Å²) in [5.74, 6) is 3.90. The van der Waals surface area contributed by atoms with Crippen LogP contribution in [0.1, 0.15) is 113 Å². The second kappa shape index (κ2) is 6.64. The Balaban J connectivity index is 1.59. The summed E-state index contributed by atoms with van der Waals surface area (Å²) in [7, 11) is 0. The molecular formula is C30H50O. The van der Waals surface area contributed by atoms with Crippen LogP contribution in [0.25, 0.3) is 0 Å². The van der Waals surface area contributed by atoms with E-state index >= 15 is 0 Å². The minimum atomic E-state index is -0.125. The number of allylic oxidation sites excluding steroid dienone is 2. The van der Waals surface area contributed by atoms with Crippen molar-refractivity contribution in [1.29, 1.82) is 0 Å². The highest BCUT2D eigenvalue weighted by Gasteiger charge is 2.67. The second-order valence-corrected chi connectivity index (χ2v) is 14.7. The van der Waals surface area contributed by atoms with Gasteiger partial charge in [0, 0.05) is 0 Å². The van der Waals surface area contributed by atoms with Crippen LogP contribution in [0.4, 0.5) is 0 Å². The van der Waals surface area contributed by atoms with Crippen molar-refractivity contribution < 1.29 is 5.11 Å². The van der Waals surface area contributed by atoms with Crippen molar-refractivity contribution in [3.05, 3.63) is 11.6 Å². The van der Waals surface area contributed by atoms with E-state index in [0.717, 1.165) is 30.1 Å². The molecule has 0 heterocycles. The van der Waals surface area contributed by atoms with E-state index < -0.39 is 0 Å². The molecule has 1 heteroatoms. The molecule has 0 spiro atoms. The van der Waals surface area contributed by atoms with Gasteiger partial charge in [-0.3, -0.25) is 0 Å². The summed E-state index contributed by atoms with van der Waals surface area (Å²) in [5, 5.41) is 10.9. The minimum Gasteiger partial charge on any atom is -0.393 e. The maximum absolute atomic E-state index is 10.9. The third-order valence-electron chi connectivity index (χ3n) is 13.4. The van der Waals surface area contributed by atoms with Crippen molar-refractivity contribution in [3.8, 4) is 0 Å². The first-order valence-electron chi connectivity index (χ1n) is 13.7. The Hall–Kier alpha value is -0.300. The third kappa shape index (κ3) is 2.65. The van der Waals surface area contributed by atoms with Gasteiger partial charge in [-0.05, 0) is 114 Å². The third-order valence-corrected chi connectivity index (χ3v) is 13.4. The van der Waals surface area contributed by atoms with Crippen LogP contribution in [0.3, 0.4) is 0 Å². The van der Waals surface area contributed by atoms with Gasteiger partial charge in [0.2, 0.25) is 0 Å². The van der Waals surface area contributed by atoms with E-state index in [1.165, 1.54) is 51.4 Å². The molecule has 5 aliphatic rings. The normalized spacial score (nSPS) is 58.3. The number of rotatable bonds is 0. The Kier molecular flexibility index (Phi) is 4.82. The van der Waals surface area contributed by atoms with Gasteiger partial charge >= 0.3 is 0 Å². The van der Waals surface area contributed by atoms with Crippen LogP contribution in [0.15, 0.2) is 11.6 Å². The van der Waals surface area contributed by atoms with Crippen LogP contribution < -0.4 is 0 Å². The summed E-state index contributed by atoms with van der Waals surface area (Å²) in [4.78, 5) is 0. The van der Waals surface area contributed by atoms with Gasteiger partial charge in [-0.1, -0.05) is 67.0 Å². The van der Waals surface area contributed by atoms with Crippen molar-refractivity contribution >= 4 is 0 Å². The molecule has 0 bridgehead atoms. The molecule has 0 aromatic carbocycles. The fourth-order valence-corrected chi connectivity index (χ4v) is 10.8. The van der Waals surface area contributed by atoms with Crippen LogP contribution in [-0.4, -0.2) is 11.2 Å². The molecule has 0 unspecified atom stereocenters. The molecule has 5 rings (SSSR count). The Morgan fingerprint density at radius 1 is 0.806 bits per heavy atom. The van der Waals surface area contributed by atoms with Gasteiger partial charge in [0.15, 0.2) is 0 Å². The fourth-order valence-electron chi connectivity index (χ4n) is 10.8. The highest BCUT2D eigenvalue weighted by atomic mass is 16.3. The molecular weight excluding hydrogens is 376 g/mol. The van der Waals surface area contributed by atoms with Crippen molar-refractivity contribution in [2.75, 3.05) is 0 Å². The molecule has 0 radical (unpaired) electrons. The lowest BCUT2D eigenvalue weighted by Crippen LogP contribution is -2.64. The molecule has 4 saturated carbocycles. The van der Waals surface area contributed by atoms with Gasteiger partial charge in [-0.15, -0.1) is 0 Å². The monoisotopic (exact) mass is 426 g/mol. The van der Waals surface area contributed by atoms with Crippen LogP contribution >= 0.6 is 0 Å². The van der Waals surface area contributed by atoms with E-state index in [-0.39, 0.29) is 11.5 Å². The first-order valence-corrected chi connectivity index (χ1v) is 13.7. The van der Waals surface area contributed by atoms with Crippen molar-refractivity contribution in [2.24, 2.45) is 56.7 Å². The minimum absolute atomic E-state index is 0.0533. The zero-order valence-electron chi connectivity index (χ0n) is 21.9. The van der Waals surface area contributed by atoms with Crippen LogP contribution in [0, 0.1) is 56.7 Å². The molecule has 31 heavy (non-hydrogen) atoms. The van der Waals surface area contributed by atoms with Crippen molar-refractivity contribution in [1.82, 2.24) is 0 Å². The van der Waals surface area contributed by atoms with Gasteiger partial charge in [0.1, 0.15) is 0 Å². The molecule has 10 atom stereocenters. The highest BCUT2D eigenvalue weighted by Crippen LogP contribution is 2.75. The Labute approximate surface area is 192 Å².